The van der Waals surface area contributed by atoms with Gasteiger partial charge >= 0.3 is 0 Å². The molecule has 0 unspecified atom stereocenters. The van der Waals surface area contributed by atoms with E-state index < -0.39 is 23.5 Å². The van der Waals surface area contributed by atoms with Gasteiger partial charge in [0.2, 0.25) is 0 Å². The molecule has 2 aromatic carbocycles. The number of hydrogen-bond donors (Lipinski definition) is 0. The Morgan fingerprint density at radius 3 is 2.00 bits per heavy atom. The summed E-state index contributed by atoms with van der Waals surface area (Å²) >= 11 is 0. The third kappa shape index (κ3) is 2.96. The highest BCUT2D eigenvalue weighted by Gasteiger charge is 2.61. The Labute approximate surface area is 157 Å². The van der Waals surface area contributed by atoms with Gasteiger partial charge in [0.25, 0.3) is 0 Å². The Bertz CT molecular complexity index is 916. The maximum Gasteiger partial charge on any atom is 0.170 e. The van der Waals surface area contributed by atoms with Crippen LogP contribution in [-0.2, 0) is 9.53 Å². The van der Waals surface area contributed by atoms with E-state index >= 15 is 0 Å². The molecule has 4 rings (SSSR count). The van der Waals surface area contributed by atoms with Crippen LogP contribution in [0.4, 0.5) is 0 Å². The third-order valence-electron chi connectivity index (χ3n) is 5.39. The molecule has 27 heavy (non-hydrogen) atoms. The topological polar surface area (TPSA) is 60.4 Å². The van der Waals surface area contributed by atoms with Crippen LogP contribution < -0.4 is 0 Å². The van der Waals surface area contributed by atoms with E-state index in [1.807, 2.05) is 18.2 Å². The second kappa shape index (κ2) is 6.71. The summed E-state index contributed by atoms with van der Waals surface area (Å²) < 4.78 is 6.11. The summed E-state index contributed by atoms with van der Waals surface area (Å²) in [6.07, 6.45) is 3.22. The zero-order valence-corrected chi connectivity index (χ0v) is 15.0. The van der Waals surface area contributed by atoms with Crippen molar-refractivity contribution < 1.29 is 19.1 Å². The number of ketones is 3. The van der Waals surface area contributed by atoms with Crippen molar-refractivity contribution in [3.05, 3.63) is 83.9 Å². The molecule has 0 spiro atoms. The van der Waals surface area contributed by atoms with Gasteiger partial charge < -0.3 is 4.74 Å². The van der Waals surface area contributed by atoms with Gasteiger partial charge in [-0.25, -0.2) is 0 Å². The number of ether oxygens (including phenoxy) is 1. The minimum atomic E-state index is -1.04. The summed E-state index contributed by atoms with van der Waals surface area (Å²) in [5.41, 5.74) is 0.0372. The van der Waals surface area contributed by atoms with Gasteiger partial charge in [-0.05, 0) is 6.92 Å². The summed E-state index contributed by atoms with van der Waals surface area (Å²) in [4.78, 5) is 38.6. The highest BCUT2D eigenvalue weighted by atomic mass is 16.5. The van der Waals surface area contributed by atoms with Crippen LogP contribution in [0.2, 0.25) is 0 Å². The second-order valence-corrected chi connectivity index (χ2v) is 7.24. The Morgan fingerprint density at radius 2 is 1.44 bits per heavy atom. The summed E-state index contributed by atoms with van der Waals surface area (Å²) in [6, 6.07) is 17.9. The van der Waals surface area contributed by atoms with Crippen LogP contribution in [0.25, 0.3) is 0 Å². The number of carbonyl (C=O) groups is 3. The molecule has 0 aromatic heterocycles. The SMILES string of the molecule is CC(=O)C[C@]12C=C[C@H](O1)[C@H](C(=O)c1ccccc1)[C@@H]2C(=O)c1ccccc1. The van der Waals surface area contributed by atoms with Crippen LogP contribution in [-0.4, -0.2) is 29.1 Å². The van der Waals surface area contributed by atoms with Crippen molar-refractivity contribution in [1.29, 1.82) is 0 Å². The van der Waals surface area contributed by atoms with Gasteiger partial charge in [-0.1, -0.05) is 72.8 Å². The molecule has 4 nitrogen and oxygen atoms in total. The van der Waals surface area contributed by atoms with Crippen LogP contribution in [0, 0.1) is 11.8 Å². The molecule has 0 saturated carbocycles. The lowest BCUT2D eigenvalue weighted by Gasteiger charge is -2.31. The van der Waals surface area contributed by atoms with Crippen LogP contribution in [0.3, 0.4) is 0 Å². The minimum Gasteiger partial charge on any atom is -0.362 e. The second-order valence-electron chi connectivity index (χ2n) is 7.24. The molecule has 136 valence electrons. The molecule has 0 amide bonds. The van der Waals surface area contributed by atoms with Crippen molar-refractivity contribution >= 4 is 17.3 Å². The van der Waals surface area contributed by atoms with Crippen molar-refractivity contribution in [3.8, 4) is 0 Å². The van der Waals surface area contributed by atoms with Gasteiger partial charge in [-0.2, -0.15) is 0 Å². The highest BCUT2D eigenvalue weighted by Crippen LogP contribution is 2.51. The first-order valence-corrected chi connectivity index (χ1v) is 9.07. The number of benzene rings is 2. The van der Waals surface area contributed by atoms with E-state index in [2.05, 4.69) is 0 Å². The van der Waals surface area contributed by atoms with Crippen LogP contribution in [0.1, 0.15) is 34.1 Å². The Balaban J connectivity index is 1.78. The number of hydrogen-bond acceptors (Lipinski definition) is 4. The number of Topliss-reactive ketones (excluding diaryl/α,β-unsaturated/α-hetero) is 3. The van der Waals surface area contributed by atoms with Gasteiger partial charge in [0.1, 0.15) is 11.4 Å². The molecule has 2 aromatic rings. The lowest BCUT2D eigenvalue weighted by molar-refractivity contribution is -0.121. The number of fused-ring (bicyclic) bond motifs is 2. The summed E-state index contributed by atoms with van der Waals surface area (Å²) in [5, 5.41) is 0. The van der Waals surface area contributed by atoms with E-state index in [4.69, 9.17) is 4.74 Å². The van der Waals surface area contributed by atoms with Gasteiger partial charge in [0.05, 0.1) is 17.9 Å². The molecular weight excluding hydrogens is 340 g/mol. The third-order valence-corrected chi connectivity index (χ3v) is 5.39. The summed E-state index contributed by atoms with van der Waals surface area (Å²) in [7, 11) is 0. The van der Waals surface area contributed by atoms with Gasteiger partial charge in [0, 0.05) is 17.5 Å². The fourth-order valence-electron chi connectivity index (χ4n) is 4.32. The Hall–Kier alpha value is -2.85. The standard InChI is InChI=1S/C23H20O4/c1-15(24)14-23-13-12-18(27-23)19(21(25)16-8-4-2-5-9-16)20(23)22(26)17-10-6-3-7-11-17/h2-13,18-20H,14H2,1H3/t18-,19-,20+,23-/m0/s1. The molecule has 2 aliphatic heterocycles. The summed E-state index contributed by atoms with van der Waals surface area (Å²) in [6.45, 7) is 1.48. The number of rotatable bonds is 6. The molecular formula is C23H20O4. The minimum absolute atomic E-state index is 0.0704. The molecule has 4 atom stereocenters. The van der Waals surface area contributed by atoms with E-state index in [0.717, 1.165) is 0 Å². The smallest absolute Gasteiger partial charge is 0.170 e. The van der Waals surface area contributed by atoms with Crippen LogP contribution in [0.15, 0.2) is 72.8 Å². The quantitative estimate of drug-likeness (QED) is 0.582. The zero-order chi connectivity index (χ0) is 19.0. The van der Waals surface area contributed by atoms with Crippen molar-refractivity contribution in [2.45, 2.75) is 25.0 Å². The first kappa shape index (κ1) is 17.6. The molecule has 2 bridgehead atoms. The average Bonchev–Trinajstić information content (AvgIpc) is 3.23. The molecule has 1 saturated heterocycles. The van der Waals surface area contributed by atoms with E-state index in [1.54, 1.807) is 54.6 Å². The van der Waals surface area contributed by atoms with Crippen molar-refractivity contribution in [1.82, 2.24) is 0 Å². The molecule has 0 radical (unpaired) electrons. The fraction of sp³-hybridized carbons (Fsp3) is 0.261. The van der Waals surface area contributed by atoms with E-state index in [9.17, 15) is 14.4 Å². The lowest BCUT2D eigenvalue weighted by atomic mass is 9.68. The van der Waals surface area contributed by atoms with E-state index in [1.165, 1.54) is 6.92 Å². The maximum absolute atomic E-state index is 13.4. The molecule has 0 N–H and O–H groups in total. The molecule has 2 aliphatic rings. The predicted octanol–water partition coefficient (Wildman–Crippen LogP) is 3.67. The molecule has 0 aliphatic carbocycles. The van der Waals surface area contributed by atoms with Gasteiger partial charge in [-0.15, -0.1) is 0 Å². The highest BCUT2D eigenvalue weighted by molar-refractivity contribution is 6.07. The first-order chi connectivity index (χ1) is 13.0. The number of carbonyl (C=O) groups excluding carboxylic acids is 3. The summed E-state index contributed by atoms with van der Waals surface area (Å²) in [5.74, 6) is -1.70. The maximum atomic E-state index is 13.4. The van der Waals surface area contributed by atoms with Crippen LogP contribution in [0.5, 0.6) is 0 Å². The largest absolute Gasteiger partial charge is 0.362 e. The lowest BCUT2D eigenvalue weighted by Crippen LogP contribution is -2.44. The van der Waals surface area contributed by atoms with Crippen molar-refractivity contribution in [2.24, 2.45) is 11.8 Å². The molecule has 1 fully saturated rings. The monoisotopic (exact) mass is 360 g/mol. The van der Waals surface area contributed by atoms with Gasteiger partial charge in [-0.3, -0.25) is 14.4 Å². The van der Waals surface area contributed by atoms with Gasteiger partial charge in [0.15, 0.2) is 11.6 Å². The van der Waals surface area contributed by atoms with Crippen molar-refractivity contribution in [3.63, 3.8) is 0 Å². The first-order valence-electron chi connectivity index (χ1n) is 9.07. The Morgan fingerprint density at radius 1 is 0.889 bits per heavy atom. The van der Waals surface area contributed by atoms with Crippen molar-refractivity contribution in [2.75, 3.05) is 0 Å². The van der Waals surface area contributed by atoms with E-state index in [0.29, 0.717) is 11.1 Å². The van der Waals surface area contributed by atoms with E-state index in [-0.39, 0.29) is 23.8 Å². The fourth-order valence-corrected chi connectivity index (χ4v) is 4.32. The normalized spacial score (nSPS) is 28.3. The molecule has 2 heterocycles. The van der Waals surface area contributed by atoms with Crippen LogP contribution >= 0.6 is 0 Å². The average molecular weight is 360 g/mol. The predicted molar refractivity (Wildman–Crippen MR) is 101 cm³/mol. The zero-order valence-electron chi connectivity index (χ0n) is 15.0. The Kier molecular flexibility index (Phi) is 4.36. The molecule has 4 heteroatoms.